The Morgan fingerprint density at radius 1 is 1.32 bits per heavy atom. The number of carbonyl (C=O) groups excluding carboxylic acids is 2. The van der Waals surface area contributed by atoms with Crippen molar-refractivity contribution in [2.24, 2.45) is 7.05 Å². The first kappa shape index (κ1) is 12.0. The fourth-order valence-electron chi connectivity index (χ4n) is 2.17. The van der Waals surface area contributed by atoms with E-state index >= 15 is 0 Å². The summed E-state index contributed by atoms with van der Waals surface area (Å²) in [7, 11) is 1.75. The maximum Gasteiger partial charge on any atom is 0.317 e. The van der Waals surface area contributed by atoms with Crippen molar-refractivity contribution in [2.75, 3.05) is 0 Å². The Labute approximate surface area is 114 Å². The van der Waals surface area contributed by atoms with Crippen molar-refractivity contribution in [3.63, 3.8) is 0 Å². The van der Waals surface area contributed by atoms with Gasteiger partial charge in [-0.1, -0.05) is 11.6 Å². The van der Waals surface area contributed by atoms with Crippen LogP contribution in [0.15, 0.2) is 30.3 Å². The van der Waals surface area contributed by atoms with E-state index in [4.69, 9.17) is 16.3 Å². The number of benzene rings is 1. The average molecular weight is 276 g/mol. The first-order chi connectivity index (χ1) is 9.06. The third kappa shape index (κ3) is 1.94. The van der Waals surface area contributed by atoms with E-state index in [1.807, 2.05) is 0 Å². The Hall–Kier alpha value is -2.07. The highest BCUT2D eigenvalue weighted by atomic mass is 35.5. The lowest BCUT2D eigenvalue weighted by atomic mass is 10.1. The molecule has 1 aromatic heterocycles. The second-order valence-electron chi connectivity index (χ2n) is 4.39. The monoisotopic (exact) mass is 275 g/mol. The fraction of sp³-hybridized carbons (Fsp3) is 0.143. The van der Waals surface area contributed by atoms with E-state index in [1.54, 1.807) is 41.9 Å². The molecule has 0 unspecified atom stereocenters. The highest BCUT2D eigenvalue weighted by Crippen LogP contribution is 2.30. The van der Waals surface area contributed by atoms with Crippen molar-refractivity contribution in [3.8, 4) is 5.75 Å². The molecule has 4 nitrogen and oxygen atoms in total. The molecule has 19 heavy (non-hydrogen) atoms. The highest BCUT2D eigenvalue weighted by molar-refractivity contribution is 6.30. The number of halogens is 1. The number of aromatic nitrogens is 1. The molecule has 1 aliphatic rings. The molecular weight excluding hydrogens is 266 g/mol. The van der Waals surface area contributed by atoms with Gasteiger partial charge in [0.1, 0.15) is 0 Å². The molecule has 0 atom stereocenters. The van der Waals surface area contributed by atoms with Crippen molar-refractivity contribution in [2.45, 2.75) is 6.42 Å². The molecule has 5 heteroatoms. The summed E-state index contributed by atoms with van der Waals surface area (Å²) in [5.41, 5.74) is 1.79. The van der Waals surface area contributed by atoms with E-state index in [9.17, 15) is 9.59 Å². The number of carbonyl (C=O) groups is 2. The van der Waals surface area contributed by atoms with Crippen LogP contribution in [0.1, 0.15) is 21.7 Å². The lowest BCUT2D eigenvalue weighted by Gasteiger charge is -2.04. The zero-order chi connectivity index (χ0) is 13.6. The third-order valence-corrected chi connectivity index (χ3v) is 3.45. The number of hydrogen-bond donors (Lipinski definition) is 0. The Balaban J connectivity index is 2.00. The average Bonchev–Trinajstić information content (AvgIpc) is 2.88. The van der Waals surface area contributed by atoms with Gasteiger partial charge in [0.15, 0.2) is 5.75 Å². The van der Waals surface area contributed by atoms with Gasteiger partial charge in [-0.05, 0) is 24.3 Å². The van der Waals surface area contributed by atoms with Crippen LogP contribution in [0.25, 0.3) is 0 Å². The minimum Gasteiger partial charge on any atom is -0.424 e. The minimum absolute atomic E-state index is 0.121. The molecule has 0 saturated carbocycles. The Bertz CT molecular complexity index is 685. The van der Waals surface area contributed by atoms with Crippen molar-refractivity contribution in [3.05, 3.63) is 52.3 Å². The van der Waals surface area contributed by atoms with Crippen LogP contribution in [0.3, 0.4) is 0 Å². The number of ketones is 1. The summed E-state index contributed by atoms with van der Waals surface area (Å²) in [6.07, 6.45) is 0.208. The molecule has 0 N–H and O–H groups in total. The van der Waals surface area contributed by atoms with Gasteiger partial charge in [0, 0.05) is 23.7 Å². The number of ether oxygens (including phenoxy) is 1. The zero-order valence-electron chi connectivity index (χ0n) is 10.1. The first-order valence-electron chi connectivity index (χ1n) is 5.76. The molecule has 96 valence electrons. The smallest absolute Gasteiger partial charge is 0.317 e. The van der Waals surface area contributed by atoms with E-state index in [0.717, 1.165) is 5.69 Å². The molecule has 2 heterocycles. The van der Waals surface area contributed by atoms with Gasteiger partial charge in [-0.25, -0.2) is 0 Å². The SMILES string of the molecule is Cn1c(C(=O)c2ccc(Cl)cc2)cc2c1CC(=O)O2. The maximum absolute atomic E-state index is 12.4. The molecule has 0 aliphatic carbocycles. The predicted octanol–water partition coefficient (Wildman–Crippen LogP) is 2.37. The molecular formula is C14H10ClNO3. The van der Waals surface area contributed by atoms with E-state index in [0.29, 0.717) is 22.0 Å². The number of esters is 1. The molecule has 0 saturated heterocycles. The normalized spacial score (nSPS) is 13.3. The topological polar surface area (TPSA) is 48.3 Å². The van der Waals surface area contributed by atoms with Crippen LogP contribution in [0, 0.1) is 0 Å². The largest absolute Gasteiger partial charge is 0.424 e. The summed E-state index contributed by atoms with van der Waals surface area (Å²) < 4.78 is 6.75. The highest BCUT2D eigenvalue weighted by Gasteiger charge is 2.28. The van der Waals surface area contributed by atoms with E-state index < -0.39 is 0 Å². The summed E-state index contributed by atoms with van der Waals surface area (Å²) in [6.45, 7) is 0. The third-order valence-electron chi connectivity index (χ3n) is 3.19. The molecule has 2 aromatic rings. The van der Waals surface area contributed by atoms with Crippen molar-refractivity contribution >= 4 is 23.4 Å². The summed E-state index contributed by atoms with van der Waals surface area (Å²) in [5.74, 6) is 0.0699. The molecule has 0 radical (unpaired) electrons. The van der Waals surface area contributed by atoms with Crippen LogP contribution in [0.4, 0.5) is 0 Å². The summed E-state index contributed by atoms with van der Waals surface area (Å²) in [5, 5.41) is 0.583. The Kier molecular flexibility index (Phi) is 2.68. The van der Waals surface area contributed by atoms with Crippen LogP contribution in [0.5, 0.6) is 5.75 Å². The van der Waals surface area contributed by atoms with Crippen LogP contribution < -0.4 is 4.74 Å². The van der Waals surface area contributed by atoms with Crippen LogP contribution >= 0.6 is 11.6 Å². The molecule has 0 amide bonds. The molecule has 1 aliphatic heterocycles. The van der Waals surface area contributed by atoms with Crippen molar-refractivity contribution < 1.29 is 14.3 Å². The van der Waals surface area contributed by atoms with Gasteiger partial charge in [0.25, 0.3) is 0 Å². The molecule has 1 aromatic carbocycles. The second kappa shape index (κ2) is 4.24. The van der Waals surface area contributed by atoms with E-state index in [2.05, 4.69) is 0 Å². The Morgan fingerprint density at radius 3 is 2.63 bits per heavy atom. The number of nitrogens with zero attached hydrogens (tertiary/aromatic N) is 1. The summed E-state index contributed by atoms with van der Waals surface area (Å²) in [4.78, 5) is 23.5. The van der Waals surface area contributed by atoms with Gasteiger partial charge in [-0.2, -0.15) is 0 Å². The number of hydrogen-bond acceptors (Lipinski definition) is 3. The van der Waals surface area contributed by atoms with Gasteiger partial charge in [0.05, 0.1) is 17.8 Å². The Morgan fingerprint density at radius 2 is 2.00 bits per heavy atom. The van der Waals surface area contributed by atoms with Gasteiger partial charge >= 0.3 is 5.97 Å². The van der Waals surface area contributed by atoms with Gasteiger partial charge < -0.3 is 9.30 Å². The quantitative estimate of drug-likeness (QED) is 0.624. The van der Waals surface area contributed by atoms with E-state index in [1.165, 1.54) is 0 Å². The molecule has 0 fully saturated rings. The van der Waals surface area contributed by atoms with E-state index in [-0.39, 0.29) is 18.2 Å². The lowest BCUT2D eigenvalue weighted by Crippen LogP contribution is -2.11. The maximum atomic E-state index is 12.4. The van der Waals surface area contributed by atoms with Gasteiger partial charge in [-0.15, -0.1) is 0 Å². The predicted molar refractivity (Wildman–Crippen MR) is 69.6 cm³/mol. The van der Waals surface area contributed by atoms with Gasteiger partial charge in [0.2, 0.25) is 5.78 Å². The number of fused-ring (bicyclic) bond motifs is 1. The van der Waals surface area contributed by atoms with Gasteiger partial charge in [-0.3, -0.25) is 9.59 Å². The fourth-order valence-corrected chi connectivity index (χ4v) is 2.30. The lowest BCUT2D eigenvalue weighted by molar-refractivity contribution is -0.131. The van der Waals surface area contributed by atoms with Crippen molar-refractivity contribution in [1.82, 2.24) is 4.57 Å². The summed E-state index contributed by atoms with van der Waals surface area (Å²) in [6, 6.07) is 8.30. The minimum atomic E-state index is -0.286. The standard InChI is InChI=1S/C14H10ClNO3/c1-16-10-7-13(17)19-12(10)6-11(16)14(18)8-2-4-9(15)5-3-8/h2-6H,7H2,1H3. The molecule has 0 spiro atoms. The second-order valence-corrected chi connectivity index (χ2v) is 4.82. The summed E-state index contributed by atoms with van der Waals surface area (Å²) >= 11 is 5.80. The van der Waals surface area contributed by atoms with Crippen LogP contribution in [-0.2, 0) is 18.3 Å². The first-order valence-corrected chi connectivity index (χ1v) is 6.13. The molecule has 3 rings (SSSR count). The molecule has 0 bridgehead atoms. The van der Waals surface area contributed by atoms with Crippen LogP contribution in [-0.4, -0.2) is 16.3 Å². The number of rotatable bonds is 2. The zero-order valence-corrected chi connectivity index (χ0v) is 10.9. The van der Waals surface area contributed by atoms with Crippen LogP contribution in [0.2, 0.25) is 5.02 Å². The van der Waals surface area contributed by atoms with Crippen molar-refractivity contribution in [1.29, 1.82) is 0 Å².